The Kier molecular flexibility index (Phi) is 4.12. The van der Waals surface area contributed by atoms with Gasteiger partial charge in [0.05, 0.1) is 0 Å². The van der Waals surface area contributed by atoms with Crippen LogP contribution in [0.5, 0.6) is 0 Å². The number of aromatic amines is 1. The first-order valence-corrected chi connectivity index (χ1v) is 4.65. The van der Waals surface area contributed by atoms with E-state index in [2.05, 4.69) is 15.5 Å². The molecule has 0 unspecified atom stereocenters. The van der Waals surface area contributed by atoms with Gasteiger partial charge >= 0.3 is 0 Å². The summed E-state index contributed by atoms with van der Waals surface area (Å²) in [6.45, 7) is 2.00. The first-order chi connectivity index (χ1) is 6.72. The summed E-state index contributed by atoms with van der Waals surface area (Å²) in [4.78, 5) is 11.2. The van der Waals surface area contributed by atoms with Crippen LogP contribution in [-0.2, 0) is 4.79 Å². The number of aryl methyl sites for hydroxylation is 1. The molecule has 1 amide bonds. The van der Waals surface area contributed by atoms with E-state index in [4.69, 9.17) is 5.11 Å². The van der Waals surface area contributed by atoms with Crippen molar-refractivity contribution >= 4 is 11.7 Å². The Morgan fingerprint density at radius 2 is 2.43 bits per heavy atom. The summed E-state index contributed by atoms with van der Waals surface area (Å²) < 4.78 is 0. The van der Waals surface area contributed by atoms with Crippen molar-refractivity contribution in [1.82, 2.24) is 10.2 Å². The van der Waals surface area contributed by atoms with Crippen LogP contribution in [0.1, 0.15) is 25.0 Å². The highest BCUT2D eigenvalue weighted by atomic mass is 16.2. The lowest BCUT2D eigenvalue weighted by Gasteiger charge is -1.99. The van der Waals surface area contributed by atoms with Gasteiger partial charge in [-0.3, -0.25) is 9.89 Å². The van der Waals surface area contributed by atoms with Crippen LogP contribution < -0.4 is 5.32 Å². The van der Waals surface area contributed by atoms with E-state index < -0.39 is 0 Å². The molecule has 0 spiro atoms. The monoisotopic (exact) mass is 197 g/mol. The van der Waals surface area contributed by atoms with E-state index in [1.54, 1.807) is 6.07 Å². The highest BCUT2D eigenvalue weighted by Crippen LogP contribution is 2.05. The minimum Gasteiger partial charge on any atom is -0.396 e. The number of H-pyrrole nitrogens is 1. The second-order valence-electron chi connectivity index (χ2n) is 3.17. The molecule has 78 valence electrons. The average Bonchev–Trinajstić information content (AvgIpc) is 2.52. The fourth-order valence-electron chi connectivity index (χ4n) is 1.08. The number of nitrogens with zero attached hydrogens (tertiary/aromatic N) is 1. The van der Waals surface area contributed by atoms with Crippen molar-refractivity contribution in [2.24, 2.45) is 0 Å². The number of aliphatic hydroxyl groups is 1. The standard InChI is InChI=1S/C9H15N3O2/c1-7-6-8(12-11-7)10-9(14)4-2-3-5-13/h6,13H,2-5H2,1H3,(H2,10,11,12,14). The zero-order chi connectivity index (χ0) is 10.4. The van der Waals surface area contributed by atoms with Crippen molar-refractivity contribution in [2.75, 3.05) is 11.9 Å². The van der Waals surface area contributed by atoms with Crippen LogP contribution in [0.2, 0.25) is 0 Å². The summed E-state index contributed by atoms with van der Waals surface area (Å²) in [7, 11) is 0. The van der Waals surface area contributed by atoms with Gasteiger partial charge in [0.2, 0.25) is 5.91 Å². The third kappa shape index (κ3) is 3.57. The van der Waals surface area contributed by atoms with Crippen molar-refractivity contribution in [3.63, 3.8) is 0 Å². The first-order valence-electron chi connectivity index (χ1n) is 4.65. The van der Waals surface area contributed by atoms with Crippen LogP contribution >= 0.6 is 0 Å². The highest BCUT2D eigenvalue weighted by molar-refractivity contribution is 5.89. The van der Waals surface area contributed by atoms with E-state index in [1.807, 2.05) is 6.92 Å². The average molecular weight is 197 g/mol. The number of aromatic nitrogens is 2. The second kappa shape index (κ2) is 5.39. The molecular weight excluding hydrogens is 182 g/mol. The fourth-order valence-corrected chi connectivity index (χ4v) is 1.08. The van der Waals surface area contributed by atoms with Gasteiger partial charge in [-0.05, 0) is 19.8 Å². The van der Waals surface area contributed by atoms with Gasteiger partial charge in [-0.2, -0.15) is 5.10 Å². The van der Waals surface area contributed by atoms with Crippen molar-refractivity contribution in [1.29, 1.82) is 0 Å². The number of anilines is 1. The smallest absolute Gasteiger partial charge is 0.225 e. The van der Waals surface area contributed by atoms with E-state index in [-0.39, 0.29) is 12.5 Å². The Bertz CT molecular complexity index is 296. The molecule has 0 radical (unpaired) electrons. The van der Waals surface area contributed by atoms with Crippen LogP contribution in [0.15, 0.2) is 6.07 Å². The van der Waals surface area contributed by atoms with E-state index in [0.29, 0.717) is 25.1 Å². The molecule has 1 aromatic rings. The number of amides is 1. The van der Waals surface area contributed by atoms with Gasteiger partial charge in [0.1, 0.15) is 0 Å². The fraction of sp³-hybridized carbons (Fsp3) is 0.556. The van der Waals surface area contributed by atoms with Crippen LogP contribution in [-0.4, -0.2) is 27.8 Å². The third-order valence-corrected chi connectivity index (χ3v) is 1.79. The van der Waals surface area contributed by atoms with Crippen molar-refractivity contribution in [3.05, 3.63) is 11.8 Å². The number of carbonyl (C=O) groups is 1. The Hall–Kier alpha value is -1.36. The third-order valence-electron chi connectivity index (χ3n) is 1.79. The summed E-state index contributed by atoms with van der Waals surface area (Å²) in [6.07, 6.45) is 1.78. The van der Waals surface area contributed by atoms with Gasteiger partial charge in [-0.15, -0.1) is 0 Å². The molecule has 3 N–H and O–H groups in total. The maximum Gasteiger partial charge on any atom is 0.225 e. The predicted octanol–water partition coefficient (Wildman–Crippen LogP) is 0.819. The molecule has 0 aliphatic rings. The molecule has 5 nitrogen and oxygen atoms in total. The molecule has 0 aliphatic heterocycles. The molecule has 0 saturated carbocycles. The lowest BCUT2D eigenvalue weighted by Crippen LogP contribution is -2.11. The van der Waals surface area contributed by atoms with Crippen LogP contribution in [0.25, 0.3) is 0 Å². The number of hydrogen-bond acceptors (Lipinski definition) is 3. The zero-order valence-corrected chi connectivity index (χ0v) is 8.21. The molecule has 1 rings (SSSR count). The van der Waals surface area contributed by atoms with E-state index >= 15 is 0 Å². The Morgan fingerprint density at radius 1 is 1.64 bits per heavy atom. The van der Waals surface area contributed by atoms with E-state index in [0.717, 1.165) is 5.69 Å². The summed E-state index contributed by atoms with van der Waals surface area (Å²) in [5.74, 6) is 0.487. The Labute approximate surface area is 82.5 Å². The molecule has 0 aliphatic carbocycles. The van der Waals surface area contributed by atoms with Gasteiger partial charge in [0.15, 0.2) is 5.82 Å². The first kappa shape index (κ1) is 10.7. The zero-order valence-electron chi connectivity index (χ0n) is 8.21. The summed E-state index contributed by atoms with van der Waals surface area (Å²) in [5, 5.41) is 17.8. The topological polar surface area (TPSA) is 78.0 Å². The maximum absolute atomic E-state index is 11.2. The van der Waals surface area contributed by atoms with Gasteiger partial charge in [-0.1, -0.05) is 0 Å². The number of rotatable bonds is 5. The molecular formula is C9H15N3O2. The number of nitrogens with one attached hydrogen (secondary N) is 2. The molecule has 0 fully saturated rings. The SMILES string of the molecule is Cc1cc(NC(=O)CCCCO)n[nH]1. The van der Waals surface area contributed by atoms with Crippen molar-refractivity contribution in [2.45, 2.75) is 26.2 Å². The van der Waals surface area contributed by atoms with Crippen LogP contribution in [0.3, 0.4) is 0 Å². The predicted molar refractivity (Wildman–Crippen MR) is 52.9 cm³/mol. The summed E-state index contributed by atoms with van der Waals surface area (Å²) in [6, 6.07) is 1.77. The number of aliphatic hydroxyl groups excluding tert-OH is 1. The summed E-state index contributed by atoms with van der Waals surface area (Å²) >= 11 is 0. The Balaban J connectivity index is 2.27. The maximum atomic E-state index is 11.2. The van der Waals surface area contributed by atoms with Crippen LogP contribution in [0.4, 0.5) is 5.82 Å². The van der Waals surface area contributed by atoms with E-state index in [9.17, 15) is 4.79 Å². The highest BCUT2D eigenvalue weighted by Gasteiger charge is 2.03. The van der Waals surface area contributed by atoms with Gasteiger partial charge in [-0.25, -0.2) is 0 Å². The normalized spacial score (nSPS) is 10.1. The lowest BCUT2D eigenvalue weighted by molar-refractivity contribution is -0.116. The summed E-state index contributed by atoms with van der Waals surface area (Å²) in [5.41, 5.74) is 0.913. The molecule has 1 aromatic heterocycles. The molecule has 0 saturated heterocycles. The second-order valence-corrected chi connectivity index (χ2v) is 3.17. The van der Waals surface area contributed by atoms with E-state index in [1.165, 1.54) is 0 Å². The number of unbranched alkanes of at least 4 members (excludes halogenated alkanes) is 1. The molecule has 0 atom stereocenters. The van der Waals surface area contributed by atoms with Crippen molar-refractivity contribution < 1.29 is 9.90 Å². The minimum atomic E-state index is -0.0649. The van der Waals surface area contributed by atoms with Gasteiger partial charge in [0, 0.05) is 24.8 Å². The lowest BCUT2D eigenvalue weighted by atomic mass is 10.2. The van der Waals surface area contributed by atoms with Gasteiger partial charge < -0.3 is 10.4 Å². The molecule has 1 heterocycles. The molecule has 0 bridgehead atoms. The van der Waals surface area contributed by atoms with Crippen LogP contribution in [0, 0.1) is 6.92 Å². The molecule has 14 heavy (non-hydrogen) atoms. The van der Waals surface area contributed by atoms with Crippen molar-refractivity contribution in [3.8, 4) is 0 Å². The Morgan fingerprint density at radius 3 is 3.00 bits per heavy atom. The number of carbonyl (C=O) groups excluding carboxylic acids is 1. The van der Waals surface area contributed by atoms with Gasteiger partial charge in [0.25, 0.3) is 0 Å². The molecule has 5 heteroatoms. The largest absolute Gasteiger partial charge is 0.396 e. The molecule has 0 aromatic carbocycles. The number of hydrogen-bond donors (Lipinski definition) is 3. The minimum absolute atomic E-state index is 0.0649. The quantitative estimate of drug-likeness (QED) is 0.611.